The molecule has 2 fully saturated rings. The van der Waals surface area contributed by atoms with E-state index >= 15 is 0 Å². The van der Waals surface area contributed by atoms with Crippen molar-refractivity contribution >= 4 is 29.7 Å². The Morgan fingerprint density at radius 1 is 1.29 bits per heavy atom. The molecular weight excluding hydrogens is 358 g/mol. The Labute approximate surface area is 164 Å². The Balaban J connectivity index is 1.77. The minimum atomic E-state index is -0.729. The van der Waals surface area contributed by atoms with E-state index in [0.29, 0.717) is 6.29 Å². The largest absolute Gasteiger partial charge is 0.371 e. The first kappa shape index (κ1) is 19.6. The average Bonchev–Trinajstić information content (AvgIpc) is 2.72. The highest BCUT2D eigenvalue weighted by Crippen LogP contribution is 2.26. The molecule has 2 aliphatic rings. The Bertz CT molecular complexity index is 850. The summed E-state index contributed by atoms with van der Waals surface area (Å²) in [5, 5.41) is 2.24. The molecule has 28 heavy (non-hydrogen) atoms. The minimum Gasteiger partial charge on any atom is -0.371 e. The molecule has 1 aromatic rings. The van der Waals surface area contributed by atoms with Crippen LogP contribution in [0.4, 0.5) is 5.69 Å². The van der Waals surface area contributed by atoms with Gasteiger partial charge in [-0.3, -0.25) is 24.5 Å². The third-order valence-electron chi connectivity index (χ3n) is 5.49. The third-order valence-corrected chi connectivity index (χ3v) is 5.49. The molecule has 0 radical (unpaired) electrons. The molecule has 3 rings (SSSR count). The van der Waals surface area contributed by atoms with Crippen molar-refractivity contribution in [1.82, 2.24) is 10.2 Å². The number of hydrogen-bond donors (Lipinski definition) is 1. The van der Waals surface area contributed by atoms with Crippen LogP contribution in [0, 0.1) is 18.3 Å². The van der Waals surface area contributed by atoms with E-state index in [1.165, 1.54) is 11.9 Å². The van der Waals surface area contributed by atoms with Crippen molar-refractivity contribution in [2.75, 3.05) is 25.0 Å². The molecule has 7 nitrogen and oxygen atoms in total. The van der Waals surface area contributed by atoms with Crippen LogP contribution in [0.5, 0.6) is 0 Å². The summed E-state index contributed by atoms with van der Waals surface area (Å²) >= 11 is 0. The molecule has 1 unspecified atom stereocenters. The van der Waals surface area contributed by atoms with Crippen LogP contribution in [0.15, 0.2) is 18.2 Å². The fourth-order valence-corrected chi connectivity index (χ4v) is 3.73. The second kappa shape index (κ2) is 8.26. The van der Waals surface area contributed by atoms with Crippen molar-refractivity contribution in [3.63, 3.8) is 0 Å². The van der Waals surface area contributed by atoms with Gasteiger partial charge in [-0.2, -0.15) is 0 Å². The number of carbonyl (C=O) groups is 4. The van der Waals surface area contributed by atoms with Crippen molar-refractivity contribution < 1.29 is 19.2 Å². The van der Waals surface area contributed by atoms with Gasteiger partial charge in [0.15, 0.2) is 6.29 Å². The summed E-state index contributed by atoms with van der Waals surface area (Å²) in [7, 11) is 1.51. The highest BCUT2D eigenvalue weighted by molar-refractivity contribution is 6.06. The molecule has 1 aromatic carbocycles. The first-order valence-corrected chi connectivity index (χ1v) is 9.35. The Hall–Kier alpha value is -3.14. The Kier molecular flexibility index (Phi) is 5.78. The lowest BCUT2D eigenvalue weighted by molar-refractivity contribution is -0.136. The van der Waals surface area contributed by atoms with E-state index in [2.05, 4.69) is 16.1 Å². The molecule has 1 atom stereocenters. The van der Waals surface area contributed by atoms with Gasteiger partial charge in [-0.25, -0.2) is 0 Å². The maximum Gasteiger partial charge on any atom is 0.255 e. The van der Waals surface area contributed by atoms with Gasteiger partial charge >= 0.3 is 0 Å². The Morgan fingerprint density at radius 3 is 2.61 bits per heavy atom. The van der Waals surface area contributed by atoms with Crippen LogP contribution in [0.1, 0.15) is 46.4 Å². The average molecular weight is 381 g/mol. The zero-order valence-electron chi connectivity index (χ0n) is 15.8. The quantitative estimate of drug-likeness (QED) is 0.482. The minimum absolute atomic E-state index is 0.182. The number of nitrogens with one attached hydrogen (secondary N) is 1. The van der Waals surface area contributed by atoms with E-state index in [-0.39, 0.29) is 35.8 Å². The summed E-state index contributed by atoms with van der Waals surface area (Å²) in [4.78, 5) is 51.3. The van der Waals surface area contributed by atoms with Gasteiger partial charge in [0.05, 0.1) is 5.56 Å². The molecule has 0 bridgehead atoms. The van der Waals surface area contributed by atoms with Crippen LogP contribution >= 0.6 is 0 Å². The third kappa shape index (κ3) is 3.91. The maximum absolute atomic E-state index is 12.9. The number of aldehydes is 1. The predicted octanol–water partition coefficient (Wildman–Crippen LogP) is 1.23. The summed E-state index contributed by atoms with van der Waals surface area (Å²) in [6, 6.07) is 4.41. The number of anilines is 1. The fraction of sp³-hybridized carbons (Fsp3) is 0.429. The van der Waals surface area contributed by atoms with Crippen LogP contribution in [0.25, 0.3) is 0 Å². The summed E-state index contributed by atoms with van der Waals surface area (Å²) in [6.45, 7) is 1.60. The first-order valence-electron chi connectivity index (χ1n) is 9.35. The number of rotatable bonds is 4. The van der Waals surface area contributed by atoms with E-state index in [4.69, 9.17) is 6.42 Å². The molecule has 0 spiro atoms. The lowest BCUT2D eigenvalue weighted by Gasteiger charge is -2.32. The number of benzene rings is 1. The summed E-state index contributed by atoms with van der Waals surface area (Å²) in [5.41, 5.74) is 1.39. The molecule has 2 heterocycles. The van der Waals surface area contributed by atoms with E-state index < -0.39 is 17.9 Å². The normalized spacial score (nSPS) is 20.3. The van der Waals surface area contributed by atoms with Gasteiger partial charge in [-0.15, -0.1) is 12.3 Å². The van der Waals surface area contributed by atoms with Crippen molar-refractivity contribution in [2.45, 2.75) is 31.7 Å². The topological polar surface area (TPSA) is 86.8 Å². The lowest BCUT2D eigenvalue weighted by atomic mass is 9.96. The van der Waals surface area contributed by atoms with E-state index in [0.717, 1.165) is 31.6 Å². The first-order chi connectivity index (χ1) is 13.4. The molecule has 0 saturated carbocycles. The highest BCUT2D eigenvalue weighted by atomic mass is 16.2. The summed E-state index contributed by atoms with van der Waals surface area (Å²) in [5.74, 6) is 1.81. The second-order valence-electron chi connectivity index (χ2n) is 7.20. The fourth-order valence-electron chi connectivity index (χ4n) is 3.73. The number of likely N-dealkylation sites (N-methyl/N-ethyl adjacent to an activating group) is 1. The molecule has 2 saturated heterocycles. The number of piperidine rings is 2. The van der Waals surface area contributed by atoms with Gasteiger partial charge in [-0.1, -0.05) is 0 Å². The monoisotopic (exact) mass is 381 g/mol. The zero-order valence-corrected chi connectivity index (χ0v) is 15.8. The maximum atomic E-state index is 12.9. The molecular formula is C21H23N3O4. The Morgan fingerprint density at radius 2 is 2.00 bits per heavy atom. The van der Waals surface area contributed by atoms with E-state index in [1.807, 2.05) is 6.07 Å². The predicted molar refractivity (Wildman–Crippen MR) is 104 cm³/mol. The number of imide groups is 1. The van der Waals surface area contributed by atoms with Gasteiger partial charge in [0.25, 0.3) is 5.91 Å². The van der Waals surface area contributed by atoms with Gasteiger partial charge in [0, 0.05) is 43.7 Å². The molecule has 0 aromatic heterocycles. The van der Waals surface area contributed by atoms with Crippen molar-refractivity contribution in [3.05, 3.63) is 29.3 Å². The van der Waals surface area contributed by atoms with Crippen molar-refractivity contribution in [1.29, 1.82) is 0 Å². The number of terminal acetylenes is 1. The number of nitrogens with zero attached hydrogens (tertiary/aromatic N) is 2. The molecule has 7 heteroatoms. The standard InChI is InChI=1S/C21H23N3O4/c1-3-14-8-10-24(11-9-14)16-4-5-17(15(12-16)13-25)21(28)23(2)18-6-7-19(26)22-20(18)27/h1,4-5,12-14,18H,6-11H2,2H3,(H,22,26,27). The van der Waals surface area contributed by atoms with Crippen molar-refractivity contribution in [3.8, 4) is 12.3 Å². The van der Waals surface area contributed by atoms with Gasteiger partial charge in [0.2, 0.25) is 11.8 Å². The SMILES string of the molecule is C#CC1CCN(c2ccc(C(=O)N(C)C3CCC(=O)NC3=O)c(C=O)c2)CC1. The molecule has 2 aliphatic heterocycles. The van der Waals surface area contributed by atoms with Gasteiger partial charge in [-0.05, 0) is 37.5 Å². The molecule has 0 aliphatic carbocycles. The van der Waals surface area contributed by atoms with Crippen LogP contribution in [0.2, 0.25) is 0 Å². The summed E-state index contributed by atoms with van der Waals surface area (Å²) < 4.78 is 0. The van der Waals surface area contributed by atoms with E-state index in [1.54, 1.807) is 12.1 Å². The van der Waals surface area contributed by atoms with Crippen LogP contribution < -0.4 is 10.2 Å². The summed E-state index contributed by atoms with van der Waals surface area (Å²) in [6.07, 6.45) is 8.39. The van der Waals surface area contributed by atoms with Crippen molar-refractivity contribution in [2.24, 2.45) is 5.92 Å². The number of amides is 3. The lowest BCUT2D eigenvalue weighted by Crippen LogP contribution is -2.53. The number of carbonyl (C=O) groups excluding carboxylic acids is 4. The van der Waals surface area contributed by atoms with Gasteiger partial charge in [0.1, 0.15) is 6.04 Å². The van der Waals surface area contributed by atoms with Gasteiger partial charge < -0.3 is 9.80 Å². The van der Waals surface area contributed by atoms with E-state index in [9.17, 15) is 19.2 Å². The zero-order chi connectivity index (χ0) is 20.3. The number of hydrogen-bond acceptors (Lipinski definition) is 5. The van der Waals surface area contributed by atoms with Crippen LogP contribution in [0.3, 0.4) is 0 Å². The molecule has 146 valence electrons. The molecule has 3 amide bonds. The second-order valence-corrected chi connectivity index (χ2v) is 7.20. The molecule has 1 N–H and O–H groups in total. The van der Waals surface area contributed by atoms with Crippen LogP contribution in [-0.2, 0) is 9.59 Å². The highest BCUT2D eigenvalue weighted by Gasteiger charge is 2.33. The smallest absolute Gasteiger partial charge is 0.255 e. The van der Waals surface area contributed by atoms with Crippen LogP contribution in [-0.4, -0.2) is 55.1 Å².